The molecule has 2 fully saturated rings. The molecule has 3 aromatic carbocycles. The number of fused-ring (bicyclic) bond motifs is 2. The summed E-state index contributed by atoms with van der Waals surface area (Å²) >= 11 is 5.99. The Labute approximate surface area is 247 Å². The number of carbonyl (C=O) groups is 3. The van der Waals surface area contributed by atoms with Crippen LogP contribution < -0.4 is 4.90 Å². The number of imide groups is 1. The summed E-state index contributed by atoms with van der Waals surface area (Å²) in [5, 5.41) is 16.5. The van der Waals surface area contributed by atoms with Crippen LogP contribution in [0.5, 0.6) is 0 Å². The van der Waals surface area contributed by atoms with Gasteiger partial charge < -0.3 is 0 Å². The molecule has 3 amide bonds. The van der Waals surface area contributed by atoms with E-state index in [1.807, 2.05) is 48.5 Å². The maximum absolute atomic E-state index is 14.0. The number of carbonyl (C=O) groups excluding carboxylic acids is 3. The van der Waals surface area contributed by atoms with E-state index in [1.165, 1.54) is 5.01 Å². The number of anilines is 1. The Bertz CT molecular complexity index is 1640. The molecule has 10 heteroatoms. The number of halogens is 1. The molecule has 1 saturated carbocycles. The molecule has 0 bridgehead atoms. The van der Waals surface area contributed by atoms with Crippen molar-refractivity contribution in [3.05, 3.63) is 107 Å². The van der Waals surface area contributed by atoms with Crippen LogP contribution in [0.2, 0.25) is 5.02 Å². The van der Waals surface area contributed by atoms with Gasteiger partial charge in [-0.1, -0.05) is 77.5 Å². The predicted molar refractivity (Wildman–Crippen MR) is 158 cm³/mol. The van der Waals surface area contributed by atoms with E-state index >= 15 is 0 Å². The Kier molecular flexibility index (Phi) is 6.66. The average molecular weight is 579 g/mol. The van der Waals surface area contributed by atoms with Crippen LogP contribution in [0, 0.1) is 5.92 Å². The summed E-state index contributed by atoms with van der Waals surface area (Å²) < 4.78 is 0. The van der Waals surface area contributed by atoms with E-state index in [9.17, 15) is 14.4 Å². The molecule has 3 heterocycles. The van der Waals surface area contributed by atoms with Crippen molar-refractivity contribution in [3.8, 4) is 0 Å². The van der Waals surface area contributed by atoms with Crippen molar-refractivity contribution in [2.45, 2.75) is 37.4 Å². The van der Waals surface area contributed by atoms with E-state index < -0.39 is 23.9 Å². The van der Waals surface area contributed by atoms with Gasteiger partial charge in [0.25, 0.3) is 17.7 Å². The van der Waals surface area contributed by atoms with Crippen LogP contribution in [-0.4, -0.2) is 52.1 Å². The molecule has 1 saturated heterocycles. The molecule has 3 aliphatic heterocycles. The summed E-state index contributed by atoms with van der Waals surface area (Å²) in [5.74, 6) is -1.21. The molecule has 9 nitrogen and oxygen atoms in total. The van der Waals surface area contributed by atoms with E-state index in [4.69, 9.17) is 16.7 Å². The van der Waals surface area contributed by atoms with Crippen LogP contribution in [-0.2, 0) is 14.4 Å². The fourth-order valence-electron chi connectivity index (χ4n) is 6.35. The highest BCUT2D eigenvalue weighted by atomic mass is 35.5. The Morgan fingerprint density at radius 3 is 2.36 bits per heavy atom. The minimum atomic E-state index is -1.00. The summed E-state index contributed by atoms with van der Waals surface area (Å²) in [5.41, 5.74) is 4.55. The van der Waals surface area contributed by atoms with Gasteiger partial charge in [-0.05, 0) is 66.3 Å². The van der Waals surface area contributed by atoms with Crippen LogP contribution in [0.4, 0.5) is 5.69 Å². The topological polar surface area (TPSA) is 98.0 Å². The Balaban J connectivity index is 1.18. The monoisotopic (exact) mass is 578 g/mol. The summed E-state index contributed by atoms with van der Waals surface area (Å²) in [4.78, 5) is 41.7. The Morgan fingerprint density at radius 2 is 1.62 bits per heavy atom. The maximum Gasteiger partial charge on any atom is 0.264 e. The van der Waals surface area contributed by atoms with Gasteiger partial charge in [0.2, 0.25) is 0 Å². The molecular weight excluding hydrogens is 552 g/mol. The molecule has 7 rings (SSSR count). The van der Waals surface area contributed by atoms with Crippen LogP contribution >= 0.6 is 11.6 Å². The fourth-order valence-corrected chi connectivity index (χ4v) is 6.48. The average Bonchev–Trinajstić information content (AvgIpc) is 3.68. The van der Waals surface area contributed by atoms with E-state index in [2.05, 4.69) is 28.5 Å². The van der Waals surface area contributed by atoms with Gasteiger partial charge in [0, 0.05) is 10.9 Å². The van der Waals surface area contributed by atoms with Crippen LogP contribution in [0.15, 0.2) is 106 Å². The van der Waals surface area contributed by atoms with Gasteiger partial charge in [0.05, 0.1) is 17.4 Å². The third-order valence-corrected chi connectivity index (χ3v) is 8.53. The van der Waals surface area contributed by atoms with Gasteiger partial charge in [-0.15, -0.1) is 0 Å². The molecule has 1 aliphatic carbocycles. The largest absolute Gasteiger partial charge is 0.271 e. The highest BCUT2D eigenvalue weighted by Crippen LogP contribution is 2.44. The van der Waals surface area contributed by atoms with E-state index in [1.54, 1.807) is 29.3 Å². The zero-order valence-corrected chi connectivity index (χ0v) is 23.3. The summed E-state index contributed by atoms with van der Waals surface area (Å²) in [6, 6.07) is 24.2. The SMILES string of the molecule is O=C1[C@H]2N=NN(CC(=O)N3N=C4/C(=C/c5ccccc5)CCC[C@@H]4[C@@H]3c3ccccc3)[C@H]2C(=O)N1c1ccc(Cl)cc1. The minimum absolute atomic E-state index is 0.0445. The molecule has 210 valence electrons. The first-order chi connectivity index (χ1) is 20.5. The van der Waals surface area contributed by atoms with E-state index in [0.29, 0.717) is 10.7 Å². The number of rotatable bonds is 5. The zero-order chi connectivity index (χ0) is 28.8. The number of benzene rings is 3. The molecule has 42 heavy (non-hydrogen) atoms. The summed E-state index contributed by atoms with van der Waals surface area (Å²) in [6.07, 6.45) is 4.95. The molecule has 4 aliphatic rings. The number of hydrogen-bond donors (Lipinski definition) is 0. The van der Waals surface area contributed by atoms with Crippen molar-refractivity contribution < 1.29 is 14.4 Å². The molecule has 0 radical (unpaired) electrons. The first-order valence-electron chi connectivity index (χ1n) is 14.0. The standard InChI is InChI=1S/C32H27ClN6O3/c33-23-14-16-24(17-15-23)38-31(41)28-30(32(38)42)37(36-34-28)19-26(40)39-29(21-10-5-2-6-11-21)25-13-7-12-22(27(25)35-39)18-20-8-3-1-4-9-20/h1-6,8-11,14-18,25,28-30H,7,12-13,19H2/b22-18+/t25-,28-,29-,30+/m0/s1. The van der Waals surface area contributed by atoms with Gasteiger partial charge in [0.15, 0.2) is 12.1 Å². The molecule has 4 atom stereocenters. The molecule has 0 spiro atoms. The highest BCUT2D eigenvalue weighted by molar-refractivity contribution is 6.31. The number of allylic oxidation sites excluding steroid dienone is 1. The second kappa shape index (κ2) is 10.6. The minimum Gasteiger partial charge on any atom is -0.271 e. The number of hydrazone groups is 1. The number of hydrogen-bond acceptors (Lipinski definition) is 7. The molecule has 0 aromatic heterocycles. The fraction of sp³-hybridized carbons (Fsp3) is 0.250. The lowest BCUT2D eigenvalue weighted by Gasteiger charge is -2.30. The lowest BCUT2D eigenvalue weighted by Crippen LogP contribution is -2.45. The predicted octanol–water partition coefficient (Wildman–Crippen LogP) is 5.46. The lowest BCUT2D eigenvalue weighted by molar-refractivity contribution is -0.136. The smallest absolute Gasteiger partial charge is 0.264 e. The first kappa shape index (κ1) is 26.3. The van der Waals surface area contributed by atoms with Gasteiger partial charge >= 0.3 is 0 Å². The van der Waals surface area contributed by atoms with E-state index in [-0.39, 0.29) is 24.4 Å². The molecule has 3 aromatic rings. The van der Waals surface area contributed by atoms with Crippen molar-refractivity contribution in [1.82, 2.24) is 10.0 Å². The highest BCUT2D eigenvalue weighted by Gasteiger charge is 2.55. The normalized spacial score (nSPS) is 25.7. The third-order valence-electron chi connectivity index (χ3n) is 8.28. The number of nitrogens with zero attached hydrogens (tertiary/aromatic N) is 6. The Morgan fingerprint density at radius 1 is 0.905 bits per heavy atom. The zero-order valence-electron chi connectivity index (χ0n) is 22.6. The van der Waals surface area contributed by atoms with E-state index in [0.717, 1.165) is 46.6 Å². The van der Waals surface area contributed by atoms with Gasteiger partial charge in [-0.2, -0.15) is 10.2 Å². The second-order valence-corrected chi connectivity index (χ2v) is 11.3. The van der Waals surface area contributed by atoms with Crippen LogP contribution in [0.25, 0.3) is 6.08 Å². The van der Waals surface area contributed by atoms with Crippen LogP contribution in [0.1, 0.15) is 36.4 Å². The lowest BCUT2D eigenvalue weighted by atomic mass is 9.77. The van der Waals surface area contributed by atoms with Gasteiger partial charge in [-0.3, -0.25) is 19.4 Å². The Hall–Kier alpha value is -4.63. The molecule has 0 N–H and O–H groups in total. The summed E-state index contributed by atoms with van der Waals surface area (Å²) in [6.45, 7) is -0.233. The quantitative estimate of drug-likeness (QED) is 0.376. The summed E-state index contributed by atoms with van der Waals surface area (Å²) in [7, 11) is 0. The van der Waals surface area contributed by atoms with Gasteiger partial charge in [-0.25, -0.2) is 9.91 Å². The number of amides is 3. The van der Waals surface area contributed by atoms with Crippen LogP contribution in [0.3, 0.4) is 0 Å². The maximum atomic E-state index is 14.0. The van der Waals surface area contributed by atoms with Gasteiger partial charge in [0.1, 0.15) is 6.54 Å². The van der Waals surface area contributed by atoms with Crippen molar-refractivity contribution in [2.24, 2.45) is 21.4 Å². The molecular formula is C32H27ClN6O3. The van der Waals surface area contributed by atoms with Crippen molar-refractivity contribution in [2.75, 3.05) is 11.4 Å². The van der Waals surface area contributed by atoms with Crippen molar-refractivity contribution >= 4 is 46.8 Å². The second-order valence-electron chi connectivity index (χ2n) is 10.8. The van der Waals surface area contributed by atoms with Crippen molar-refractivity contribution in [3.63, 3.8) is 0 Å². The third kappa shape index (κ3) is 4.50. The first-order valence-corrected chi connectivity index (χ1v) is 14.4. The molecule has 0 unspecified atom stereocenters. The van der Waals surface area contributed by atoms with Crippen molar-refractivity contribution in [1.29, 1.82) is 0 Å².